The Labute approximate surface area is 209 Å². The molecule has 0 aromatic heterocycles. The van der Waals surface area contributed by atoms with E-state index in [1.165, 1.54) is 36.1 Å². The third-order valence-electron chi connectivity index (χ3n) is 9.75. The van der Waals surface area contributed by atoms with Gasteiger partial charge in [-0.1, -0.05) is 34.8 Å². The van der Waals surface area contributed by atoms with E-state index < -0.39 is 5.54 Å². The minimum Gasteiger partial charge on any atom is -0.372 e. The lowest BCUT2D eigenvalue weighted by atomic mass is 9.58. The van der Waals surface area contributed by atoms with Crippen LogP contribution in [0.4, 0.5) is 5.69 Å². The molecule has 3 unspecified atom stereocenters. The van der Waals surface area contributed by atoms with Crippen LogP contribution in [0.25, 0.3) is 0 Å². The van der Waals surface area contributed by atoms with Crippen LogP contribution in [0, 0.1) is 29.6 Å². The van der Waals surface area contributed by atoms with Crippen molar-refractivity contribution in [1.29, 1.82) is 0 Å². The molecule has 0 radical (unpaired) electrons. The fourth-order valence-corrected chi connectivity index (χ4v) is 8.17. The van der Waals surface area contributed by atoms with Gasteiger partial charge < -0.3 is 10.1 Å². The molecule has 1 saturated heterocycles. The number of piperidine rings is 1. The standard InChI is InChI=1S/C31H38N2O2/c1-2-15-31(32-35)16-14-26-27-12-8-22-19-24(34)11-13-25(22)30(27)28(20-29(26)31)21-6-9-23(10-7-21)33-17-4-3-5-18-33/h6-7,9-10,19,25-26,28-29,32,35H,3-5,8,11-14,16-18,20H2,1H3/t25?,26?,28-,29?,31+/m1/s1. The van der Waals surface area contributed by atoms with E-state index in [2.05, 4.69) is 46.5 Å². The maximum Gasteiger partial charge on any atom is 0.155 e. The van der Waals surface area contributed by atoms with Crippen molar-refractivity contribution in [2.75, 3.05) is 18.0 Å². The van der Waals surface area contributed by atoms with Gasteiger partial charge in [0.25, 0.3) is 0 Å². The van der Waals surface area contributed by atoms with Crippen LogP contribution in [-0.2, 0) is 4.79 Å². The van der Waals surface area contributed by atoms with Crippen LogP contribution in [-0.4, -0.2) is 29.6 Å². The summed E-state index contributed by atoms with van der Waals surface area (Å²) < 4.78 is 0. The predicted octanol–water partition coefficient (Wildman–Crippen LogP) is 5.93. The van der Waals surface area contributed by atoms with Crippen molar-refractivity contribution in [3.8, 4) is 11.8 Å². The molecule has 5 atom stereocenters. The molecule has 4 aliphatic carbocycles. The van der Waals surface area contributed by atoms with Gasteiger partial charge in [-0.25, -0.2) is 0 Å². The fourth-order valence-electron chi connectivity index (χ4n) is 8.17. The molecule has 1 aliphatic heterocycles. The minimum atomic E-state index is -0.511. The van der Waals surface area contributed by atoms with Crippen LogP contribution in [0.15, 0.2) is 47.1 Å². The second kappa shape index (κ2) is 9.26. The molecule has 0 spiro atoms. The number of fused-ring (bicyclic) bond motifs is 4. The van der Waals surface area contributed by atoms with Crippen LogP contribution >= 0.6 is 0 Å². The number of benzene rings is 1. The number of allylic oxidation sites excluding steroid dienone is 4. The summed E-state index contributed by atoms with van der Waals surface area (Å²) in [6, 6.07) is 9.38. The number of nitrogens with one attached hydrogen (secondary N) is 1. The average molecular weight is 471 g/mol. The third kappa shape index (κ3) is 3.88. The highest BCUT2D eigenvalue weighted by molar-refractivity contribution is 5.91. The number of hydrogen-bond donors (Lipinski definition) is 2. The number of nitrogens with zero attached hydrogens (tertiary/aromatic N) is 1. The van der Waals surface area contributed by atoms with E-state index >= 15 is 0 Å². The summed E-state index contributed by atoms with van der Waals surface area (Å²) in [7, 11) is 0. The third-order valence-corrected chi connectivity index (χ3v) is 9.75. The summed E-state index contributed by atoms with van der Waals surface area (Å²) >= 11 is 0. The Morgan fingerprint density at radius 2 is 1.83 bits per heavy atom. The van der Waals surface area contributed by atoms with Crippen molar-refractivity contribution in [2.45, 2.75) is 82.6 Å². The summed E-state index contributed by atoms with van der Waals surface area (Å²) in [4.78, 5) is 14.8. The number of anilines is 1. The van der Waals surface area contributed by atoms with Crippen molar-refractivity contribution >= 4 is 11.5 Å². The van der Waals surface area contributed by atoms with Crippen LogP contribution in [0.1, 0.15) is 82.6 Å². The molecule has 1 aromatic carbocycles. The molecule has 184 valence electrons. The van der Waals surface area contributed by atoms with Gasteiger partial charge in [-0.3, -0.25) is 4.79 Å². The van der Waals surface area contributed by atoms with E-state index in [4.69, 9.17) is 0 Å². The number of ketones is 1. The lowest BCUT2D eigenvalue weighted by Gasteiger charge is -2.47. The summed E-state index contributed by atoms with van der Waals surface area (Å²) in [6.45, 7) is 4.20. The Balaban J connectivity index is 1.41. The van der Waals surface area contributed by atoms with Crippen LogP contribution in [0.5, 0.6) is 0 Å². The van der Waals surface area contributed by atoms with Crippen molar-refractivity contribution in [1.82, 2.24) is 5.48 Å². The van der Waals surface area contributed by atoms with E-state index in [0.29, 0.717) is 35.9 Å². The largest absolute Gasteiger partial charge is 0.372 e. The van der Waals surface area contributed by atoms with Gasteiger partial charge in [0.2, 0.25) is 0 Å². The Morgan fingerprint density at radius 1 is 1.03 bits per heavy atom. The van der Waals surface area contributed by atoms with Gasteiger partial charge in [-0.05, 0) is 100 Å². The fraction of sp³-hybridized carbons (Fsp3) is 0.581. The van der Waals surface area contributed by atoms with Crippen molar-refractivity contribution in [3.05, 3.63) is 52.6 Å². The molecule has 4 heteroatoms. The molecule has 2 fully saturated rings. The normalized spacial score (nSPS) is 34.4. The topological polar surface area (TPSA) is 52.6 Å². The van der Waals surface area contributed by atoms with Crippen molar-refractivity contribution < 1.29 is 10.0 Å². The number of hydroxylamine groups is 1. The maximum absolute atomic E-state index is 12.2. The Hall–Kier alpha value is -2.35. The zero-order chi connectivity index (χ0) is 24.0. The van der Waals surface area contributed by atoms with Crippen molar-refractivity contribution in [3.63, 3.8) is 0 Å². The average Bonchev–Trinajstić information content (AvgIpc) is 3.27. The number of carbonyl (C=O) groups is 1. The van der Waals surface area contributed by atoms with Crippen LogP contribution in [0.2, 0.25) is 0 Å². The molecule has 35 heavy (non-hydrogen) atoms. The molecule has 0 amide bonds. The molecular formula is C31H38N2O2. The maximum atomic E-state index is 12.2. The van der Waals surface area contributed by atoms with E-state index in [1.54, 1.807) is 11.1 Å². The first-order chi connectivity index (χ1) is 17.1. The summed E-state index contributed by atoms with van der Waals surface area (Å²) in [6.07, 6.45) is 12.6. The van der Waals surface area contributed by atoms with Gasteiger partial charge in [0.15, 0.2) is 5.78 Å². The summed E-state index contributed by atoms with van der Waals surface area (Å²) in [5, 5.41) is 10.3. The Morgan fingerprint density at radius 3 is 2.57 bits per heavy atom. The molecule has 5 aliphatic rings. The van der Waals surface area contributed by atoms with Gasteiger partial charge in [0.1, 0.15) is 5.54 Å². The highest BCUT2D eigenvalue weighted by atomic mass is 16.5. The second-order valence-electron chi connectivity index (χ2n) is 11.4. The molecule has 1 heterocycles. The highest BCUT2D eigenvalue weighted by Gasteiger charge is 2.54. The van der Waals surface area contributed by atoms with Gasteiger partial charge in [0.05, 0.1) is 0 Å². The first kappa shape index (κ1) is 23.1. The van der Waals surface area contributed by atoms with Gasteiger partial charge in [-0.2, -0.15) is 5.48 Å². The molecule has 4 nitrogen and oxygen atoms in total. The summed E-state index contributed by atoms with van der Waals surface area (Å²) in [5.41, 5.74) is 9.52. The van der Waals surface area contributed by atoms with E-state index in [9.17, 15) is 10.0 Å². The molecule has 0 bridgehead atoms. The first-order valence-electron chi connectivity index (χ1n) is 13.8. The molecule has 1 saturated carbocycles. The second-order valence-corrected chi connectivity index (χ2v) is 11.4. The van der Waals surface area contributed by atoms with E-state index in [1.807, 2.05) is 13.0 Å². The number of hydrogen-bond acceptors (Lipinski definition) is 4. The van der Waals surface area contributed by atoms with Crippen LogP contribution < -0.4 is 10.4 Å². The minimum absolute atomic E-state index is 0.305. The Kier molecular flexibility index (Phi) is 6.11. The van der Waals surface area contributed by atoms with E-state index in [0.717, 1.165) is 51.6 Å². The number of rotatable bonds is 3. The monoisotopic (exact) mass is 470 g/mol. The quantitative estimate of drug-likeness (QED) is 0.327. The number of carbonyl (C=O) groups excluding carboxylic acids is 1. The summed E-state index contributed by atoms with van der Waals surface area (Å²) in [5.74, 6) is 8.34. The van der Waals surface area contributed by atoms with Crippen LogP contribution in [0.3, 0.4) is 0 Å². The predicted molar refractivity (Wildman–Crippen MR) is 139 cm³/mol. The van der Waals surface area contributed by atoms with Gasteiger partial charge >= 0.3 is 0 Å². The first-order valence-corrected chi connectivity index (χ1v) is 13.8. The zero-order valence-electron chi connectivity index (χ0n) is 21.0. The van der Waals surface area contributed by atoms with E-state index in [-0.39, 0.29) is 0 Å². The van der Waals surface area contributed by atoms with Crippen molar-refractivity contribution in [2.24, 2.45) is 17.8 Å². The molecule has 2 N–H and O–H groups in total. The molecule has 1 aromatic rings. The lowest BCUT2D eigenvalue weighted by Crippen LogP contribution is -2.49. The van der Waals surface area contributed by atoms with Gasteiger partial charge in [-0.15, -0.1) is 5.92 Å². The lowest BCUT2D eigenvalue weighted by molar-refractivity contribution is -0.115. The smallest absolute Gasteiger partial charge is 0.155 e. The zero-order valence-corrected chi connectivity index (χ0v) is 21.0. The van der Waals surface area contributed by atoms with Gasteiger partial charge in [0, 0.05) is 37.0 Å². The highest BCUT2D eigenvalue weighted by Crippen LogP contribution is 2.60. The molecular weight excluding hydrogens is 432 g/mol. The SMILES string of the molecule is CC#C[C@]1(NO)CCC2C3=C(C4CCC(=O)C=C4CC3)[C@@H](c3ccc(N4CCCCC4)cc3)CC21. The Bertz CT molecular complexity index is 1110. The molecule has 6 rings (SSSR count).